The fourth-order valence-electron chi connectivity index (χ4n) is 6.84. The minimum absolute atomic E-state index is 0.516. The van der Waals surface area contributed by atoms with Crippen LogP contribution < -0.4 is 18.9 Å². The van der Waals surface area contributed by atoms with Crippen LogP contribution in [0.15, 0.2) is 36.4 Å². The van der Waals surface area contributed by atoms with E-state index in [9.17, 15) is 5.26 Å². The molecule has 1 unspecified atom stereocenters. The Morgan fingerprint density at radius 3 is 1.77 bits per heavy atom. The number of rotatable bonds is 21. The van der Waals surface area contributed by atoms with Crippen LogP contribution in [-0.4, -0.2) is 53.0 Å². The number of ether oxygens (including phenoxy) is 4. The summed E-state index contributed by atoms with van der Waals surface area (Å²) in [5.74, 6) is 3.52. The first-order chi connectivity index (χ1) is 21.5. The van der Waals surface area contributed by atoms with Gasteiger partial charge in [0.15, 0.2) is 23.0 Å². The Balaban J connectivity index is 1.56. The lowest BCUT2D eigenvalue weighted by Crippen LogP contribution is -2.35. The lowest BCUT2D eigenvalue weighted by atomic mass is 9.74. The van der Waals surface area contributed by atoms with Gasteiger partial charge >= 0.3 is 0 Å². The van der Waals surface area contributed by atoms with E-state index in [-0.39, 0.29) is 0 Å². The smallest absolute Gasteiger partial charge is 0.161 e. The third-order valence-electron chi connectivity index (χ3n) is 9.65. The Kier molecular flexibility index (Phi) is 15.7. The van der Waals surface area contributed by atoms with Crippen molar-refractivity contribution in [2.24, 2.45) is 0 Å². The van der Waals surface area contributed by atoms with E-state index in [4.69, 9.17) is 18.9 Å². The second-order valence-electron chi connectivity index (χ2n) is 12.5. The molecule has 6 nitrogen and oxygen atoms in total. The van der Waals surface area contributed by atoms with Crippen LogP contribution in [-0.2, 0) is 5.41 Å². The van der Waals surface area contributed by atoms with Gasteiger partial charge in [-0.1, -0.05) is 83.3 Å². The van der Waals surface area contributed by atoms with Crippen molar-refractivity contribution in [1.29, 1.82) is 5.26 Å². The van der Waals surface area contributed by atoms with Gasteiger partial charge in [0.25, 0.3) is 0 Å². The number of likely N-dealkylation sites (tertiary alicyclic amines) is 1. The molecule has 44 heavy (non-hydrogen) atoms. The number of hydrogen-bond donors (Lipinski definition) is 0. The van der Waals surface area contributed by atoms with Crippen LogP contribution in [0.3, 0.4) is 0 Å². The number of methoxy groups -OCH3 is 4. The fourth-order valence-corrected chi connectivity index (χ4v) is 6.84. The lowest BCUT2D eigenvalue weighted by molar-refractivity contribution is 0.203. The molecule has 1 saturated heterocycles. The Labute approximate surface area is 268 Å². The summed E-state index contributed by atoms with van der Waals surface area (Å²) in [5.41, 5.74) is 1.87. The molecule has 1 aliphatic heterocycles. The number of hydrogen-bond acceptors (Lipinski definition) is 6. The summed E-state index contributed by atoms with van der Waals surface area (Å²) in [6.07, 6.45) is 18.0. The molecule has 2 aromatic rings. The van der Waals surface area contributed by atoms with E-state index in [1.54, 1.807) is 28.4 Å². The number of benzene rings is 2. The van der Waals surface area contributed by atoms with Gasteiger partial charge in [-0.15, -0.1) is 0 Å². The van der Waals surface area contributed by atoms with Gasteiger partial charge in [0.1, 0.15) is 0 Å². The zero-order chi connectivity index (χ0) is 31.6. The molecule has 1 aliphatic rings. The molecule has 0 bridgehead atoms. The molecule has 2 aromatic carbocycles. The van der Waals surface area contributed by atoms with Gasteiger partial charge in [0, 0.05) is 0 Å². The Morgan fingerprint density at radius 2 is 1.20 bits per heavy atom. The van der Waals surface area contributed by atoms with Crippen molar-refractivity contribution in [2.45, 2.75) is 115 Å². The maximum absolute atomic E-state index is 10.7. The summed E-state index contributed by atoms with van der Waals surface area (Å²) in [5, 5.41) is 10.7. The normalized spacial score (nSPS) is 15.4. The molecule has 0 saturated carbocycles. The summed E-state index contributed by atoms with van der Waals surface area (Å²) in [4.78, 5) is 2.58. The molecule has 1 fully saturated rings. The molecule has 6 heteroatoms. The van der Waals surface area contributed by atoms with E-state index in [1.165, 1.54) is 63.4 Å². The molecule has 1 heterocycles. The number of nitriles is 1. The van der Waals surface area contributed by atoms with Crippen LogP contribution in [0, 0.1) is 11.3 Å². The molecule has 0 N–H and O–H groups in total. The first-order valence-corrected chi connectivity index (χ1v) is 17.1. The highest BCUT2D eigenvalue weighted by atomic mass is 16.5. The Bertz CT molecular complexity index is 1140. The molecule has 244 valence electrons. The minimum Gasteiger partial charge on any atom is -0.493 e. The zero-order valence-corrected chi connectivity index (χ0v) is 28.3. The molecule has 0 aromatic heterocycles. The average Bonchev–Trinajstić information content (AvgIpc) is 3.07. The third kappa shape index (κ3) is 10.3. The monoisotopic (exact) mass is 606 g/mol. The predicted octanol–water partition coefficient (Wildman–Crippen LogP) is 9.45. The zero-order valence-electron chi connectivity index (χ0n) is 28.3. The molecular formula is C38H58N2O4. The second kappa shape index (κ2) is 19.5. The molecule has 0 amide bonds. The van der Waals surface area contributed by atoms with Crippen molar-refractivity contribution < 1.29 is 18.9 Å². The largest absolute Gasteiger partial charge is 0.493 e. The van der Waals surface area contributed by atoms with Crippen molar-refractivity contribution in [2.75, 3.05) is 48.1 Å². The molecular weight excluding hydrogens is 548 g/mol. The van der Waals surface area contributed by atoms with Crippen molar-refractivity contribution in [3.63, 3.8) is 0 Å². The SMILES string of the molecule is CCCCCCCCCCCCC(C#N)(CCCN1CCC(c2ccc(OC)c(OC)c2)CC1)c1ccc(OC)c(OC)c1. The maximum Gasteiger partial charge on any atom is 0.161 e. The summed E-state index contributed by atoms with van der Waals surface area (Å²) in [7, 11) is 6.71. The summed E-state index contributed by atoms with van der Waals surface area (Å²) in [6, 6.07) is 15.2. The van der Waals surface area contributed by atoms with Crippen LogP contribution in [0.5, 0.6) is 23.0 Å². The fraction of sp³-hybridized carbons (Fsp3) is 0.658. The van der Waals surface area contributed by atoms with Gasteiger partial charge in [0.05, 0.1) is 39.9 Å². The highest BCUT2D eigenvalue weighted by Gasteiger charge is 2.33. The molecule has 0 spiro atoms. The van der Waals surface area contributed by atoms with Crippen LogP contribution in [0.2, 0.25) is 0 Å². The summed E-state index contributed by atoms with van der Waals surface area (Å²) < 4.78 is 22.1. The predicted molar refractivity (Wildman–Crippen MR) is 180 cm³/mol. The molecule has 0 radical (unpaired) electrons. The Hall–Kier alpha value is -2.91. The van der Waals surface area contributed by atoms with Crippen molar-refractivity contribution >= 4 is 0 Å². The maximum atomic E-state index is 10.7. The summed E-state index contributed by atoms with van der Waals surface area (Å²) in [6.45, 7) is 5.45. The highest BCUT2D eigenvalue weighted by Crippen LogP contribution is 2.40. The van der Waals surface area contributed by atoms with E-state index in [2.05, 4.69) is 36.1 Å². The molecule has 1 atom stereocenters. The Morgan fingerprint density at radius 1 is 0.682 bits per heavy atom. The van der Waals surface area contributed by atoms with Gasteiger partial charge < -0.3 is 23.8 Å². The van der Waals surface area contributed by atoms with Gasteiger partial charge in [-0.05, 0) is 93.0 Å². The van der Waals surface area contributed by atoms with Crippen molar-refractivity contribution in [3.8, 4) is 29.1 Å². The molecule has 0 aliphatic carbocycles. The number of piperidine rings is 1. The van der Waals surface area contributed by atoms with Crippen molar-refractivity contribution in [1.82, 2.24) is 4.90 Å². The van der Waals surface area contributed by atoms with Crippen LogP contribution in [0.4, 0.5) is 0 Å². The van der Waals surface area contributed by atoms with E-state index in [0.29, 0.717) is 17.4 Å². The minimum atomic E-state index is -0.516. The number of unbranched alkanes of at least 4 members (excludes halogenated alkanes) is 9. The van der Waals surface area contributed by atoms with Gasteiger partial charge in [-0.3, -0.25) is 0 Å². The van der Waals surface area contributed by atoms with Crippen LogP contribution in [0.1, 0.15) is 120 Å². The number of nitrogens with zero attached hydrogens (tertiary/aromatic N) is 2. The third-order valence-corrected chi connectivity index (χ3v) is 9.65. The van der Waals surface area contributed by atoms with E-state index in [1.807, 2.05) is 18.2 Å². The van der Waals surface area contributed by atoms with E-state index < -0.39 is 5.41 Å². The molecule has 3 rings (SSSR count). The quantitative estimate of drug-likeness (QED) is 0.132. The standard InChI is InChI=1S/C38H58N2O4/c1-6-7-8-9-10-11-12-13-14-15-23-38(30-39,33-18-20-35(42-3)37(29-33)44-5)24-16-25-40-26-21-31(22-27-40)32-17-19-34(41-2)36(28-32)43-4/h17-20,28-29,31H,6-16,21-27H2,1-5H3. The van der Waals surface area contributed by atoms with Crippen molar-refractivity contribution in [3.05, 3.63) is 47.5 Å². The van der Waals surface area contributed by atoms with Crippen LogP contribution >= 0.6 is 0 Å². The topological polar surface area (TPSA) is 64.0 Å². The van der Waals surface area contributed by atoms with Gasteiger partial charge in [-0.2, -0.15) is 5.26 Å². The first kappa shape index (κ1) is 35.6. The van der Waals surface area contributed by atoms with Gasteiger partial charge in [-0.25, -0.2) is 0 Å². The lowest BCUT2D eigenvalue weighted by Gasteiger charge is -2.34. The average molecular weight is 607 g/mol. The van der Waals surface area contributed by atoms with Gasteiger partial charge in [0.2, 0.25) is 0 Å². The first-order valence-electron chi connectivity index (χ1n) is 17.1. The summed E-state index contributed by atoms with van der Waals surface area (Å²) >= 11 is 0. The van der Waals surface area contributed by atoms with E-state index >= 15 is 0 Å². The van der Waals surface area contributed by atoms with Crippen LogP contribution in [0.25, 0.3) is 0 Å². The second-order valence-corrected chi connectivity index (χ2v) is 12.5. The highest BCUT2D eigenvalue weighted by molar-refractivity contribution is 5.47. The van der Waals surface area contributed by atoms with E-state index in [0.717, 1.165) is 75.2 Å².